The zero-order valence-electron chi connectivity index (χ0n) is 20.1. The van der Waals surface area contributed by atoms with Crippen molar-refractivity contribution in [3.05, 3.63) is 105 Å². The second kappa shape index (κ2) is 10.9. The summed E-state index contributed by atoms with van der Waals surface area (Å²) < 4.78 is 21.9. The van der Waals surface area contributed by atoms with Gasteiger partial charge in [0, 0.05) is 28.2 Å². The van der Waals surface area contributed by atoms with E-state index in [1.807, 2.05) is 24.3 Å². The fourth-order valence-corrected chi connectivity index (χ4v) is 5.52. The number of para-hydroxylation sites is 1. The number of halogens is 2. The monoisotopic (exact) mass is 578 g/mol. The van der Waals surface area contributed by atoms with Crippen molar-refractivity contribution in [2.45, 2.75) is 19.9 Å². The van der Waals surface area contributed by atoms with E-state index >= 15 is 0 Å². The number of carbonyl (C=O) groups excluding carboxylic acids is 2. The van der Waals surface area contributed by atoms with Crippen LogP contribution < -0.4 is 4.74 Å². The van der Waals surface area contributed by atoms with Crippen molar-refractivity contribution in [2.24, 2.45) is 0 Å². The van der Waals surface area contributed by atoms with E-state index in [4.69, 9.17) is 4.74 Å². The standard InChI is InChI=1S/C29H24BrFN2O3S/c1-2-20-4-3-5-25-21(18-32(27(20)25)17-19-6-8-22(30)9-7-19)16-26-28(34)33(29(35)37-26)14-15-36-24-12-10-23(31)11-13-24/h3-13,16,18H,2,14-15,17H2,1H3/b26-16-. The number of fused-ring (bicyclic) bond motifs is 1. The van der Waals surface area contributed by atoms with Gasteiger partial charge >= 0.3 is 0 Å². The fourth-order valence-electron chi connectivity index (χ4n) is 4.40. The van der Waals surface area contributed by atoms with Crippen molar-refractivity contribution >= 4 is 55.8 Å². The molecule has 1 aliphatic rings. The van der Waals surface area contributed by atoms with Crippen LogP contribution in [-0.4, -0.2) is 33.8 Å². The third-order valence-corrected chi connectivity index (χ3v) is 7.65. The second-order valence-electron chi connectivity index (χ2n) is 8.64. The number of carbonyl (C=O) groups is 2. The summed E-state index contributed by atoms with van der Waals surface area (Å²) in [5, 5.41) is 0.717. The molecule has 5 rings (SSSR count). The van der Waals surface area contributed by atoms with E-state index in [1.54, 1.807) is 0 Å². The van der Waals surface area contributed by atoms with Gasteiger partial charge in [-0.2, -0.15) is 0 Å². The van der Waals surface area contributed by atoms with Crippen LogP contribution in [-0.2, 0) is 17.8 Å². The lowest BCUT2D eigenvalue weighted by molar-refractivity contribution is -0.123. The first kappa shape index (κ1) is 25.3. The molecule has 0 atom stereocenters. The van der Waals surface area contributed by atoms with Crippen LogP contribution in [0.2, 0.25) is 0 Å². The van der Waals surface area contributed by atoms with E-state index < -0.39 is 0 Å². The Morgan fingerprint density at radius 2 is 1.78 bits per heavy atom. The molecule has 0 aliphatic carbocycles. The first-order chi connectivity index (χ1) is 17.9. The predicted octanol–water partition coefficient (Wildman–Crippen LogP) is 7.27. The number of amides is 2. The zero-order chi connectivity index (χ0) is 25.9. The van der Waals surface area contributed by atoms with Crippen molar-refractivity contribution in [3.8, 4) is 5.75 Å². The summed E-state index contributed by atoms with van der Waals surface area (Å²) in [7, 11) is 0. The van der Waals surface area contributed by atoms with Crippen LogP contribution in [0, 0.1) is 5.82 Å². The highest BCUT2D eigenvalue weighted by molar-refractivity contribution is 9.10. The molecule has 0 unspecified atom stereocenters. The van der Waals surface area contributed by atoms with Crippen LogP contribution in [0.5, 0.6) is 5.75 Å². The molecule has 2 amide bonds. The molecular weight excluding hydrogens is 555 g/mol. The summed E-state index contributed by atoms with van der Waals surface area (Å²) in [5.41, 5.74) is 4.42. The summed E-state index contributed by atoms with van der Waals surface area (Å²) in [6.07, 6.45) is 4.74. The van der Waals surface area contributed by atoms with Gasteiger partial charge in [0.2, 0.25) is 0 Å². The van der Waals surface area contributed by atoms with Crippen molar-refractivity contribution in [2.75, 3.05) is 13.2 Å². The molecule has 0 spiro atoms. The van der Waals surface area contributed by atoms with Crippen molar-refractivity contribution in [1.29, 1.82) is 0 Å². The van der Waals surface area contributed by atoms with Gasteiger partial charge in [-0.1, -0.05) is 53.2 Å². The number of ether oxygens (including phenoxy) is 1. The average Bonchev–Trinajstić information content (AvgIpc) is 3.38. The first-order valence-electron chi connectivity index (χ1n) is 11.9. The number of aryl methyl sites for hydroxylation is 1. The maximum atomic E-state index is 13.1. The molecule has 1 aromatic heterocycles. The highest BCUT2D eigenvalue weighted by Crippen LogP contribution is 2.35. The Labute approximate surface area is 227 Å². The lowest BCUT2D eigenvalue weighted by Crippen LogP contribution is -2.32. The SMILES string of the molecule is CCc1cccc2c(/C=C3\SC(=O)N(CCOc4ccc(F)cc4)C3=O)cn(Cc3ccc(Br)cc3)c12. The van der Waals surface area contributed by atoms with Gasteiger partial charge < -0.3 is 9.30 Å². The van der Waals surface area contributed by atoms with Gasteiger partial charge in [0.15, 0.2) is 0 Å². The van der Waals surface area contributed by atoms with Crippen molar-refractivity contribution < 1.29 is 18.7 Å². The summed E-state index contributed by atoms with van der Waals surface area (Å²) in [5.74, 6) is -0.208. The van der Waals surface area contributed by atoms with E-state index in [9.17, 15) is 14.0 Å². The van der Waals surface area contributed by atoms with E-state index in [0.29, 0.717) is 17.2 Å². The highest BCUT2D eigenvalue weighted by Gasteiger charge is 2.35. The van der Waals surface area contributed by atoms with Crippen LogP contribution in [0.15, 0.2) is 82.3 Å². The summed E-state index contributed by atoms with van der Waals surface area (Å²) in [6.45, 7) is 3.07. The minimum absolute atomic E-state index is 0.116. The summed E-state index contributed by atoms with van der Waals surface area (Å²) in [4.78, 5) is 27.3. The van der Waals surface area contributed by atoms with Crippen LogP contribution in [0.3, 0.4) is 0 Å². The Kier molecular flexibility index (Phi) is 7.48. The van der Waals surface area contributed by atoms with Crippen LogP contribution in [0.25, 0.3) is 17.0 Å². The topological polar surface area (TPSA) is 51.5 Å². The molecule has 0 radical (unpaired) electrons. The predicted molar refractivity (Wildman–Crippen MR) is 149 cm³/mol. The van der Waals surface area contributed by atoms with Crippen molar-refractivity contribution in [3.63, 3.8) is 0 Å². The molecular formula is C29H24BrFN2O3S. The summed E-state index contributed by atoms with van der Waals surface area (Å²) in [6, 6.07) is 20.1. The minimum Gasteiger partial charge on any atom is -0.492 e. The first-order valence-corrected chi connectivity index (χ1v) is 13.5. The molecule has 0 saturated carbocycles. The number of hydrogen-bond acceptors (Lipinski definition) is 4. The zero-order valence-corrected chi connectivity index (χ0v) is 22.5. The molecule has 1 aliphatic heterocycles. The maximum Gasteiger partial charge on any atom is 0.293 e. The lowest BCUT2D eigenvalue weighted by Gasteiger charge is -2.13. The van der Waals surface area contributed by atoms with Crippen molar-refractivity contribution in [1.82, 2.24) is 9.47 Å². The molecule has 2 heterocycles. The average molecular weight is 579 g/mol. The normalized spacial score (nSPS) is 14.8. The number of thioether (sulfide) groups is 1. The van der Waals surface area contributed by atoms with Gasteiger partial charge in [0.1, 0.15) is 18.2 Å². The van der Waals surface area contributed by atoms with Gasteiger partial charge in [-0.25, -0.2) is 4.39 Å². The van der Waals surface area contributed by atoms with E-state index in [2.05, 4.69) is 57.9 Å². The molecule has 188 valence electrons. The molecule has 1 saturated heterocycles. The maximum absolute atomic E-state index is 13.1. The van der Waals surface area contributed by atoms with Gasteiger partial charge in [-0.05, 0) is 71.8 Å². The number of nitrogens with zero attached hydrogens (tertiary/aromatic N) is 2. The Hall–Kier alpha value is -3.36. The number of benzene rings is 3. The van der Waals surface area contributed by atoms with Gasteiger partial charge in [0.05, 0.1) is 17.0 Å². The Morgan fingerprint density at radius 3 is 2.51 bits per heavy atom. The van der Waals surface area contributed by atoms with Crippen LogP contribution in [0.1, 0.15) is 23.6 Å². The highest BCUT2D eigenvalue weighted by atomic mass is 79.9. The lowest BCUT2D eigenvalue weighted by atomic mass is 10.1. The Balaban J connectivity index is 1.39. The smallest absolute Gasteiger partial charge is 0.293 e. The van der Waals surface area contributed by atoms with Gasteiger partial charge in [-0.3, -0.25) is 14.5 Å². The van der Waals surface area contributed by atoms with E-state index in [0.717, 1.165) is 39.1 Å². The molecule has 0 bridgehead atoms. The number of hydrogen-bond donors (Lipinski definition) is 0. The number of imide groups is 1. The molecule has 4 aromatic rings. The van der Waals surface area contributed by atoms with Gasteiger partial charge in [-0.15, -0.1) is 0 Å². The van der Waals surface area contributed by atoms with Crippen LogP contribution in [0.4, 0.5) is 9.18 Å². The quantitative estimate of drug-likeness (QED) is 0.206. The largest absolute Gasteiger partial charge is 0.492 e. The van der Waals surface area contributed by atoms with E-state index in [-0.39, 0.29) is 30.1 Å². The molecule has 0 N–H and O–H groups in total. The molecule has 3 aromatic carbocycles. The second-order valence-corrected chi connectivity index (χ2v) is 10.6. The number of rotatable bonds is 8. The third kappa shape index (κ3) is 5.50. The molecule has 37 heavy (non-hydrogen) atoms. The van der Waals surface area contributed by atoms with Gasteiger partial charge in [0.25, 0.3) is 11.1 Å². The third-order valence-electron chi connectivity index (χ3n) is 6.22. The molecule has 1 fully saturated rings. The fraction of sp³-hybridized carbons (Fsp3) is 0.172. The van der Waals surface area contributed by atoms with E-state index in [1.165, 1.54) is 40.3 Å². The Bertz CT molecular complexity index is 1500. The Morgan fingerprint density at radius 1 is 1.03 bits per heavy atom. The summed E-state index contributed by atoms with van der Waals surface area (Å²) >= 11 is 4.43. The molecule has 8 heteroatoms. The molecule has 5 nitrogen and oxygen atoms in total. The minimum atomic E-state index is -0.354. The number of aromatic nitrogens is 1. The van der Waals surface area contributed by atoms with Crippen LogP contribution >= 0.6 is 27.7 Å².